The molecule has 0 aromatic carbocycles. The van der Waals surface area contributed by atoms with Gasteiger partial charge >= 0.3 is 0 Å². The first-order valence-corrected chi connectivity index (χ1v) is 4.81. The van der Waals surface area contributed by atoms with E-state index in [1.807, 2.05) is 19.3 Å². The van der Waals surface area contributed by atoms with Crippen molar-refractivity contribution in [2.45, 2.75) is 27.2 Å². The average molecular weight is 179 g/mol. The summed E-state index contributed by atoms with van der Waals surface area (Å²) in [5.41, 5.74) is 1.12. The Morgan fingerprint density at radius 1 is 1.23 bits per heavy atom. The van der Waals surface area contributed by atoms with Gasteiger partial charge in [0.25, 0.3) is 0 Å². The Balaban J connectivity index is 2.73. The molecule has 0 aliphatic heterocycles. The van der Waals surface area contributed by atoms with E-state index in [9.17, 15) is 0 Å². The predicted molar refractivity (Wildman–Crippen MR) is 54.9 cm³/mol. The van der Waals surface area contributed by atoms with Gasteiger partial charge in [-0.25, -0.2) is 9.97 Å². The van der Waals surface area contributed by atoms with Gasteiger partial charge in [0.15, 0.2) is 0 Å². The molecule has 0 radical (unpaired) electrons. The molecule has 0 unspecified atom stereocenters. The smallest absolute Gasteiger partial charge is 0.125 e. The maximum atomic E-state index is 4.18. The summed E-state index contributed by atoms with van der Waals surface area (Å²) in [4.78, 5) is 10.6. The number of nitrogens with zero attached hydrogens (tertiary/aromatic N) is 3. The van der Waals surface area contributed by atoms with Gasteiger partial charge in [-0.15, -0.1) is 0 Å². The third-order valence-corrected chi connectivity index (χ3v) is 2.01. The fraction of sp³-hybridized carbons (Fsp3) is 0.600. The lowest BCUT2D eigenvalue weighted by Crippen LogP contribution is -2.23. The molecule has 3 nitrogen and oxygen atoms in total. The summed E-state index contributed by atoms with van der Waals surface area (Å²) in [6.07, 6.45) is 4.94. The zero-order chi connectivity index (χ0) is 9.68. The third kappa shape index (κ3) is 2.68. The van der Waals surface area contributed by atoms with Gasteiger partial charge < -0.3 is 4.90 Å². The monoisotopic (exact) mass is 179 g/mol. The van der Waals surface area contributed by atoms with Crippen molar-refractivity contribution in [1.82, 2.24) is 9.97 Å². The third-order valence-electron chi connectivity index (χ3n) is 2.01. The van der Waals surface area contributed by atoms with Crippen LogP contribution in [0.3, 0.4) is 0 Å². The van der Waals surface area contributed by atoms with Crippen molar-refractivity contribution in [3.63, 3.8) is 0 Å². The minimum atomic E-state index is 0.830. The van der Waals surface area contributed by atoms with Crippen molar-refractivity contribution in [2.75, 3.05) is 18.0 Å². The van der Waals surface area contributed by atoms with Crippen molar-refractivity contribution < 1.29 is 0 Å². The fourth-order valence-corrected chi connectivity index (χ4v) is 1.29. The molecule has 72 valence electrons. The number of hydrogen-bond acceptors (Lipinski definition) is 3. The molecule has 1 aromatic rings. The van der Waals surface area contributed by atoms with Crippen molar-refractivity contribution in [1.29, 1.82) is 0 Å². The molecule has 1 heterocycles. The summed E-state index contributed by atoms with van der Waals surface area (Å²) < 4.78 is 0. The Morgan fingerprint density at radius 2 is 1.85 bits per heavy atom. The van der Waals surface area contributed by atoms with Gasteiger partial charge in [0.2, 0.25) is 0 Å². The maximum Gasteiger partial charge on any atom is 0.125 e. The Hall–Kier alpha value is -1.12. The largest absolute Gasteiger partial charge is 0.369 e. The van der Waals surface area contributed by atoms with E-state index in [0.717, 1.165) is 31.0 Å². The summed E-state index contributed by atoms with van der Waals surface area (Å²) >= 11 is 0. The molecule has 0 amide bonds. The highest BCUT2D eigenvalue weighted by Gasteiger charge is 2.02. The van der Waals surface area contributed by atoms with E-state index in [0.29, 0.717) is 0 Å². The zero-order valence-electron chi connectivity index (χ0n) is 8.62. The van der Waals surface area contributed by atoms with Gasteiger partial charge in [0.05, 0.1) is 18.1 Å². The topological polar surface area (TPSA) is 29.0 Å². The van der Waals surface area contributed by atoms with Crippen LogP contribution >= 0.6 is 0 Å². The molecule has 0 atom stereocenters. The SMILES string of the molecule is CCCN(CC)c1cnc(C)nc1. The number of anilines is 1. The summed E-state index contributed by atoms with van der Waals surface area (Å²) in [5.74, 6) is 0.830. The van der Waals surface area contributed by atoms with Crippen LogP contribution in [0, 0.1) is 6.92 Å². The van der Waals surface area contributed by atoms with E-state index < -0.39 is 0 Å². The molecule has 0 spiro atoms. The molecule has 3 heteroatoms. The molecule has 0 fully saturated rings. The average Bonchev–Trinajstić information content (AvgIpc) is 2.16. The van der Waals surface area contributed by atoms with Crippen LogP contribution in [0.1, 0.15) is 26.1 Å². The van der Waals surface area contributed by atoms with Gasteiger partial charge in [0, 0.05) is 13.1 Å². The molecular formula is C10H17N3. The normalized spacial score (nSPS) is 10.1. The first-order valence-electron chi connectivity index (χ1n) is 4.81. The molecule has 0 N–H and O–H groups in total. The van der Waals surface area contributed by atoms with Crippen LogP contribution in [-0.2, 0) is 0 Å². The molecule has 0 aliphatic carbocycles. The highest BCUT2D eigenvalue weighted by atomic mass is 15.1. The zero-order valence-corrected chi connectivity index (χ0v) is 8.62. The second-order valence-electron chi connectivity index (χ2n) is 3.07. The van der Waals surface area contributed by atoms with Gasteiger partial charge in [-0.3, -0.25) is 0 Å². The van der Waals surface area contributed by atoms with Crippen LogP contribution in [0.4, 0.5) is 5.69 Å². The number of hydrogen-bond donors (Lipinski definition) is 0. The standard InChI is InChI=1S/C10H17N3/c1-4-6-13(5-2)10-7-11-9(3)12-8-10/h7-8H,4-6H2,1-3H3. The lowest BCUT2D eigenvalue weighted by Gasteiger charge is -2.21. The van der Waals surface area contributed by atoms with Gasteiger partial charge in [0.1, 0.15) is 5.82 Å². The van der Waals surface area contributed by atoms with E-state index >= 15 is 0 Å². The fourth-order valence-electron chi connectivity index (χ4n) is 1.29. The van der Waals surface area contributed by atoms with Crippen molar-refractivity contribution >= 4 is 5.69 Å². The summed E-state index contributed by atoms with van der Waals surface area (Å²) in [7, 11) is 0. The minimum Gasteiger partial charge on any atom is -0.369 e. The van der Waals surface area contributed by atoms with E-state index in [2.05, 4.69) is 28.7 Å². The van der Waals surface area contributed by atoms with Gasteiger partial charge in [-0.05, 0) is 20.3 Å². The van der Waals surface area contributed by atoms with Crippen LogP contribution in [-0.4, -0.2) is 23.1 Å². The van der Waals surface area contributed by atoms with Crippen LogP contribution in [0.25, 0.3) is 0 Å². The van der Waals surface area contributed by atoms with Crippen molar-refractivity contribution in [3.8, 4) is 0 Å². The Kier molecular flexibility index (Phi) is 3.68. The predicted octanol–water partition coefficient (Wildman–Crippen LogP) is 2.02. The van der Waals surface area contributed by atoms with Crippen LogP contribution in [0.2, 0.25) is 0 Å². The maximum absolute atomic E-state index is 4.18. The van der Waals surface area contributed by atoms with Gasteiger partial charge in [-0.2, -0.15) is 0 Å². The van der Waals surface area contributed by atoms with E-state index in [1.165, 1.54) is 0 Å². The van der Waals surface area contributed by atoms with Gasteiger partial charge in [-0.1, -0.05) is 6.92 Å². The lowest BCUT2D eigenvalue weighted by molar-refractivity contribution is 0.784. The van der Waals surface area contributed by atoms with E-state index in [1.54, 1.807) is 0 Å². The Morgan fingerprint density at radius 3 is 2.31 bits per heavy atom. The second kappa shape index (κ2) is 4.80. The summed E-state index contributed by atoms with van der Waals surface area (Å²) in [6.45, 7) is 8.32. The molecule has 1 aromatic heterocycles. The van der Waals surface area contributed by atoms with E-state index in [-0.39, 0.29) is 0 Å². The quantitative estimate of drug-likeness (QED) is 0.708. The van der Waals surface area contributed by atoms with Crippen molar-refractivity contribution in [2.24, 2.45) is 0 Å². The Bertz CT molecular complexity index is 243. The molecule has 1 rings (SSSR count). The summed E-state index contributed by atoms with van der Waals surface area (Å²) in [6, 6.07) is 0. The van der Waals surface area contributed by atoms with Crippen molar-refractivity contribution in [3.05, 3.63) is 18.2 Å². The molecule has 0 saturated carbocycles. The number of rotatable bonds is 4. The second-order valence-corrected chi connectivity index (χ2v) is 3.07. The molecular weight excluding hydrogens is 162 g/mol. The van der Waals surface area contributed by atoms with Crippen LogP contribution in [0.15, 0.2) is 12.4 Å². The highest BCUT2D eigenvalue weighted by Crippen LogP contribution is 2.10. The molecule has 0 saturated heterocycles. The molecule has 0 aliphatic rings. The summed E-state index contributed by atoms with van der Waals surface area (Å²) in [5, 5.41) is 0. The van der Waals surface area contributed by atoms with Crippen LogP contribution < -0.4 is 4.90 Å². The number of aromatic nitrogens is 2. The van der Waals surface area contributed by atoms with E-state index in [4.69, 9.17) is 0 Å². The minimum absolute atomic E-state index is 0.830. The first kappa shape index (κ1) is 9.96. The highest BCUT2D eigenvalue weighted by molar-refractivity contribution is 5.41. The number of aryl methyl sites for hydroxylation is 1. The van der Waals surface area contributed by atoms with Crippen LogP contribution in [0.5, 0.6) is 0 Å². The molecule has 0 bridgehead atoms. The molecule has 13 heavy (non-hydrogen) atoms. The Labute approximate surface area is 79.8 Å². The first-order chi connectivity index (χ1) is 6.27. The lowest BCUT2D eigenvalue weighted by atomic mass is 10.3.